The Balaban J connectivity index is 1.79. The minimum Gasteiger partial charge on any atom is -0.314 e. The van der Waals surface area contributed by atoms with Crippen molar-refractivity contribution in [2.75, 3.05) is 6.54 Å². The Bertz CT molecular complexity index is 337. The fourth-order valence-corrected chi connectivity index (χ4v) is 1.83. The molecule has 1 aromatic rings. The highest BCUT2D eigenvalue weighted by Crippen LogP contribution is 2.18. The second-order valence-corrected chi connectivity index (χ2v) is 4.60. The van der Waals surface area contributed by atoms with E-state index in [0.29, 0.717) is 0 Å². The predicted octanol–water partition coefficient (Wildman–Crippen LogP) is 1.95. The third kappa shape index (κ3) is 2.59. The molecule has 1 aromatic heterocycles. The number of aryl methyl sites for hydroxylation is 2. The van der Waals surface area contributed by atoms with Gasteiger partial charge in [-0.1, -0.05) is 0 Å². The maximum Gasteiger partial charge on any atom is 0.0625 e. The summed E-state index contributed by atoms with van der Waals surface area (Å²) in [6.07, 6.45) is 3.93. The molecule has 0 unspecified atom stereocenters. The maximum absolute atomic E-state index is 4.53. The summed E-state index contributed by atoms with van der Waals surface area (Å²) in [6.45, 7) is 8.56. The third-order valence-electron chi connectivity index (χ3n) is 3.30. The summed E-state index contributed by atoms with van der Waals surface area (Å²) in [5.41, 5.74) is 3.83. The van der Waals surface area contributed by atoms with Gasteiger partial charge in [-0.05, 0) is 52.1 Å². The highest BCUT2D eigenvalue weighted by Gasteiger charge is 2.19. The number of hydrogen-bond donors (Lipinski definition) is 1. The zero-order valence-electron chi connectivity index (χ0n) is 10.0. The maximum atomic E-state index is 4.53. The Hall–Kier alpha value is -0.830. The van der Waals surface area contributed by atoms with E-state index in [-0.39, 0.29) is 0 Å². The van der Waals surface area contributed by atoms with Crippen LogP contribution >= 0.6 is 0 Å². The van der Waals surface area contributed by atoms with Crippen molar-refractivity contribution >= 4 is 0 Å². The van der Waals surface area contributed by atoms with Gasteiger partial charge >= 0.3 is 0 Å². The summed E-state index contributed by atoms with van der Waals surface area (Å²) in [5.74, 6) is 0. The first-order valence-electron chi connectivity index (χ1n) is 5.92. The van der Waals surface area contributed by atoms with E-state index in [4.69, 9.17) is 0 Å². The molecule has 0 amide bonds. The van der Waals surface area contributed by atoms with Crippen LogP contribution in [-0.2, 0) is 6.54 Å². The van der Waals surface area contributed by atoms with Crippen molar-refractivity contribution in [3.05, 3.63) is 17.0 Å². The van der Waals surface area contributed by atoms with Crippen LogP contribution in [0.5, 0.6) is 0 Å². The van der Waals surface area contributed by atoms with Gasteiger partial charge in [0.25, 0.3) is 0 Å². The molecule has 1 N–H and O–H groups in total. The summed E-state index contributed by atoms with van der Waals surface area (Å²) >= 11 is 0. The Kier molecular flexibility index (Phi) is 3.10. The van der Waals surface area contributed by atoms with Gasteiger partial charge in [0.05, 0.1) is 5.69 Å². The van der Waals surface area contributed by atoms with E-state index in [2.05, 4.69) is 35.9 Å². The van der Waals surface area contributed by atoms with E-state index in [1.54, 1.807) is 0 Å². The topological polar surface area (TPSA) is 29.9 Å². The summed E-state index contributed by atoms with van der Waals surface area (Å²) < 4.78 is 2.14. The molecule has 1 aliphatic carbocycles. The summed E-state index contributed by atoms with van der Waals surface area (Å²) in [5, 5.41) is 8.06. The zero-order chi connectivity index (χ0) is 10.8. The highest BCUT2D eigenvalue weighted by atomic mass is 15.3. The standard InChI is InChI=1S/C12H21N3/c1-9-10(2)14-15(11(9)3)8-4-7-13-12-5-6-12/h12-13H,4-8H2,1-3H3. The normalized spacial score (nSPS) is 15.9. The van der Waals surface area contributed by atoms with E-state index < -0.39 is 0 Å². The Morgan fingerprint density at radius 3 is 2.60 bits per heavy atom. The van der Waals surface area contributed by atoms with Crippen LogP contribution in [0.15, 0.2) is 0 Å². The number of aromatic nitrogens is 2. The van der Waals surface area contributed by atoms with Gasteiger partial charge in [0.15, 0.2) is 0 Å². The van der Waals surface area contributed by atoms with Gasteiger partial charge in [-0.25, -0.2) is 0 Å². The first-order valence-corrected chi connectivity index (χ1v) is 5.92. The van der Waals surface area contributed by atoms with Crippen LogP contribution in [0, 0.1) is 20.8 Å². The van der Waals surface area contributed by atoms with Crippen LogP contribution in [0.4, 0.5) is 0 Å². The van der Waals surface area contributed by atoms with Crippen molar-refractivity contribution in [1.82, 2.24) is 15.1 Å². The second-order valence-electron chi connectivity index (χ2n) is 4.60. The molecule has 0 atom stereocenters. The molecule has 3 heteroatoms. The lowest BCUT2D eigenvalue weighted by Gasteiger charge is -2.05. The van der Waals surface area contributed by atoms with Crippen molar-refractivity contribution in [3.63, 3.8) is 0 Å². The van der Waals surface area contributed by atoms with Crippen molar-refractivity contribution in [3.8, 4) is 0 Å². The van der Waals surface area contributed by atoms with E-state index in [1.807, 2.05) is 0 Å². The van der Waals surface area contributed by atoms with Gasteiger partial charge in [-0.15, -0.1) is 0 Å². The fraction of sp³-hybridized carbons (Fsp3) is 0.750. The van der Waals surface area contributed by atoms with Crippen LogP contribution in [0.2, 0.25) is 0 Å². The van der Waals surface area contributed by atoms with Gasteiger partial charge in [-0.3, -0.25) is 4.68 Å². The molecule has 0 aromatic carbocycles. The molecule has 3 nitrogen and oxygen atoms in total. The van der Waals surface area contributed by atoms with Crippen LogP contribution < -0.4 is 5.32 Å². The molecule has 15 heavy (non-hydrogen) atoms. The van der Waals surface area contributed by atoms with Gasteiger partial charge in [-0.2, -0.15) is 5.10 Å². The summed E-state index contributed by atoms with van der Waals surface area (Å²) in [6, 6.07) is 0.826. The molecular weight excluding hydrogens is 186 g/mol. The van der Waals surface area contributed by atoms with Crippen LogP contribution in [-0.4, -0.2) is 22.4 Å². The van der Waals surface area contributed by atoms with E-state index in [9.17, 15) is 0 Å². The SMILES string of the molecule is Cc1nn(CCCNC2CC2)c(C)c1C. The van der Waals surface area contributed by atoms with Crippen LogP contribution in [0.1, 0.15) is 36.2 Å². The number of rotatable bonds is 5. The highest BCUT2D eigenvalue weighted by molar-refractivity contribution is 5.21. The lowest BCUT2D eigenvalue weighted by Crippen LogP contribution is -2.19. The largest absolute Gasteiger partial charge is 0.314 e. The molecule has 1 aliphatic rings. The molecule has 2 rings (SSSR count). The molecule has 1 saturated carbocycles. The molecule has 1 heterocycles. The monoisotopic (exact) mass is 207 g/mol. The second kappa shape index (κ2) is 4.35. The molecule has 0 spiro atoms. The first kappa shape index (κ1) is 10.7. The van der Waals surface area contributed by atoms with E-state index in [1.165, 1.54) is 36.2 Å². The van der Waals surface area contributed by atoms with Crippen molar-refractivity contribution in [1.29, 1.82) is 0 Å². The minimum atomic E-state index is 0.826. The summed E-state index contributed by atoms with van der Waals surface area (Å²) in [4.78, 5) is 0. The first-order chi connectivity index (χ1) is 7.18. The van der Waals surface area contributed by atoms with E-state index in [0.717, 1.165) is 19.1 Å². The van der Waals surface area contributed by atoms with Gasteiger partial charge in [0.1, 0.15) is 0 Å². The van der Waals surface area contributed by atoms with Gasteiger partial charge < -0.3 is 5.32 Å². The molecule has 0 aliphatic heterocycles. The van der Waals surface area contributed by atoms with Gasteiger partial charge in [0, 0.05) is 18.3 Å². The van der Waals surface area contributed by atoms with Crippen LogP contribution in [0.25, 0.3) is 0 Å². The Labute approximate surface area is 91.9 Å². The quantitative estimate of drug-likeness (QED) is 0.748. The van der Waals surface area contributed by atoms with Crippen molar-refractivity contribution in [2.24, 2.45) is 0 Å². The zero-order valence-corrected chi connectivity index (χ0v) is 10.0. The number of hydrogen-bond acceptors (Lipinski definition) is 2. The fourth-order valence-electron chi connectivity index (χ4n) is 1.83. The smallest absolute Gasteiger partial charge is 0.0625 e. The molecule has 0 radical (unpaired) electrons. The van der Waals surface area contributed by atoms with Gasteiger partial charge in [0.2, 0.25) is 0 Å². The minimum absolute atomic E-state index is 0.826. The molecule has 0 saturated heterocycles. The van der Waals surface area contributed by atoms with Crippen molar-refractivity contribution in [2.45, 2.75) is 52.6 Å². The Morgan fingerprint density at radius 1 is 1.33 bits per heavy atom. The lowest BCUT2D eigenvalue weighted by atomic mass is 10.2. The summed E-state index contributed by atoms with van der Waals surface area (Å²) in [7, 11) is 0. The molecular formula is C12H21N3. The average Bonchev–Trinajstić information content (AvgIpc) is 3.00. The number of nitrogens with zero attached hydrogens (tertiary/aromatic N) is 2. The Morgan fingerprint density at radius 2 is 2.07 bits per heavy atom. The third-order valence-corrected chi connectivity index (χ3v) is 3.30. The predicted molar refractivity (Wildman–Crippen MR) is 62.1 cm³/mol. The number of nitrogens with one attached hydrogen (secondary N) is 1. The van der Waals surface area contributed by atoms with Crippen molar-refractivity contribution < 1.29 is 0 Å². The molecule has 84 valence electrons. The molecule has 1 fully saturated rings. The van der Waals surface area contributed by atoms with Crippen LogP contribution in [0.3, 0.4) is 0 Å². The lowest BCUT2D eigenvalue weighted by molar-refractivity contribution is 0.531. The molecule has 0 bridgehead atoms. The van der Waals surface area contributed by atoms with E-state index >= 15 is 0 Å². The average molecular weight is 207 g/mol.